The second-order valence-corrected chi connectivity index (χ2v) is 6.43. The maximum Gasteiger partial charge on any atom is 0.249 e. The maximum absolute atomic E-state index is 13.9. The molecule has 2 aromatic carbocycles. The zero-order valence-electron chi connectivity index (χ0n) is 14.8. The van der Waals surface area contributed by atoms with Crippen molar-refractivity contribution in [3.8, 4) is 0 Å². The zero-order chi connectivity index (χ0) is 19.4. The van der Waals surface area contributed by atoms with Crippen LogP contribution in [0.3, 0.4) is 0 Å². The number of carbonyl (C=O) groups excluding carboxylic acids is 2. The van der Waals surface area contributed by atoms with E-state index in [1.807, 2.05) is 30.3 Å². The molecular formula is C20H20F2N2O3. The van der Waals surface area contributed by atoms with Crippen LogP contribution in [-0.2, 0) is 20.9 Å². The van der Waals surface area contributed by atoms with Gasteiger partial charge in [-0.1, -0.05) is 36.4 Å². The predicted molar refractivity (Wildman–Crippen MR) is 94.5 cm³/mol. The van der Waals surface area contributed by atoms with Gasteiger partial charge in [-0.05, 0) is 18.6 Å². The number of carbonyl (C=O) groups is 2. The van der Waals surface area contributed by atoms with Crippen molar-refractivity contribution < 1.29 is 23.1 Å². The van der Waals surface area contributed by atoms with Crippen molar-refractivity contribution in [2.45, 2.75) is 25.6 Å². The number of benzene rings is 2. The largest absolute Gasteiger partial charge is 0.369 e. The Balaban J connectivity index is 1.73. The van der Waals surface area contributed by atoms with Gasteiger partial charge < -0.3 is 15.0 Å². The van der Waals surface area contributed by atoms with Crippen molar-refractivity contribution in [1.82, 2.24) is 10.2 Å². The molecule has 5 nitrogen and oxygen atoms in total. The van der Waals surface area contributed by atoms with Crippen LogP contribution in [-0.4, -0.2) is 36.0 Å². The number of hydrogen-bond donors (Lipinski definition) is 1. The average molecular weight is 374 g/mol. The Kier molecular flexibility index (Phi) is 5.81. The van der Waals surface area contributed by atoms with E-state index in [9.17, 15) is 18.4 Å². The highest BCUT2D eigenvalue weighted by atomic mass is 19.1. The van der Waals surface area contributed by atoms with Crippen LogP contribution in [0.1, 0.15) is 24.1 Å². The summed E-state index contributed by atoms with van der Waals surface area (Å²) in [6, 6.07) is 11.0. The lowest BCUT2D eigenvalue weighted by Gasteiger charge is -2.35. The Morgan fingerprint density at radius 1 is 1.26 bits per heavy atom. The fraction of sp³-hybridized carbons (Fsp3) is 0.300. The quantitative estimate of drug-likeness (QED) is 0.875. The molecule has 2 aromatic rings. The average Bonchev–Trinajstić information content (AvgIpc) is 2.64. The maximum atomic E-state index is 13.9. The fourth-order valence-corrected chi connectivity index (χ4v) is 3.04. The first-order chi connectivity index (χ1) is 13.0. The number of ether oxygens (including phenoxy) is 1. The zero-order valence-corrected chi connectivity index (χ0v) is 14.8. The molecule has 3 rings (SSSR count). The van der Waals surface area contributed by atoms with E-state index in [0.29, 0.717) is 0 Å². The molecule has 0 bridgehead atoms. The van der Waals surface area contributed by atoms with Gasteiger partial charge in [0.15, 0.2) is 0 Å². The van der Waals surface area contributed by atoms with Gasteiger partial charge in [0.25, 0.3) is 0 Å². The molecule has 1 aliphatic heterocycles. The smallest absolute Gasteiger partial charge is 0.249 e. The second kappa shape index (κ2) is 8.26. The van der Waals surface area contributed by atoms with Crippen LogP contribution < -0.4 is 5.32 Å². The summed E-state index contributed by atoms with van der Waals surface area (Å²) in [5.41, 5.74) is 1.06. The lowest BCUT2D eigenvalue weighted by molar-refractivity contribution is -0.155. The number of hydrogen-bond acceptors (Lipinski definition) is 3. The molecule has 142 valence electrons. The lowest BCUT2D eigenvalue weighted by atomic mass is 10.1. The Bertz CT molecular complexity index is 829. The van der Waals surface area contributed by atoms with Crippen LogP contribution in [0, 0.1) is 11.6 Å². The van der Waals surface area contributed by atoms with Crippen molar-refractivity contribution in [3.63, 3.8) is 0 Å². The van der Waals surface area contributed by atoms with Crippen molar-refractivity contribution in [3.05, 3.63) is 71.3 Å². The van der Waals surface area contributed by atoms with Gasteiger partial charge in [0.2, 0.25) is 11.8 Å². The monoisotopic (exact) mass is 374 g/mol. The molecule has 0 aliphatic carbocycles. The van der Waals surface area contributed by atoms with E-state index in [2.05, 4.69) is 5.32 Å². The van der Waals surface area contributed by atoms with Gasteiger partial charge in [0, 0.05) is 18.2 Å². The summed E-state index contributed by atoms with van der Waals surface area (Å²) in [4.78, 5) is 26.5. The molecule has 2 atom stereocenters. The molecule has 0 spiro atoms. The molecule has 1 aliphatic rings. The summed E-state index contributed by atoms with van der Waals surface area (Å²) in [5.74, 6) is -2.16. The SMILES string of the molecule is CC(NC(=O)C1COCC(=O)N1Cc1ccccc1)c1ccc(F)cc1F. The van der Waals surface area contributed by atoms with Crippen molar-refractivity contribution in [1.29, 1.82) is 0 Å². The molecular weight excluding hydrogens is 354 g/mol. The van der Waals surface area contributed by atoms with Gasteiger partial charge in [-0.15, -0.1) is 0 Å². The van der Waals surface area contributed by atoms with E-state index in [1.54, 1.807) is 6.92 Å². The van der Waals surface area contributed by atoms with Crippen molar-refractivity contribution in [2.24, 2.45) is 0 Å². The van der Waals surface area contributed by atoms with Crippen LogP contribution >= 0.6 is 0 Å². The number of nitrogens with one attached hydrogen (secondary N) is 1. The molecule has 2 amide bonds. The summed E-state index contributed by atoms with van der Waals surface area (Å²) in [5, 5.41) is 2.69. The van der Waals surface area contributed by atoms with Crippen molar-refractivity contribution >= 4 is 11.8 Å². The Morgan fingerprint density at radius 3 is 2.70 bits per heavy atom. The minimum Gasteiger partial charge on any atom is -0.369 e. The molecule has 0 radical (unpaired) electrons. The first-order valence-electron chi connectivity index (χ1n) is 8.62. The van der Waals surface area contributed by atoms with Crippen LogP contribution in [0.4, 0.5) is 8.78 Å². The number of morpholine rings is 1. The number of nitrogens with zero attached hydrogens (tertiary/aromatic N) is 1. The Morgan fingerprint density at radius 2 is 2.00 bits per heavy atom. The standard InChI is InChI=1S/C20H20F2N2O3/c1-13(16-8-7-15(21)9-17(16)22)23-20(26)18-11-27-12-19(25)24(18)10-14-5-3-2-4-6-14/h2-9,13,18H,10-12H2,1H3,(H,23,26). The van der Waals surface area contributed by atoms with Gasteiger partial charge in [0.05, 0.1) is 12.6 Å². The van der Waals surface area contributed by atoms with E-state index >= 15 is 0 Å². The second-order valence-electron chi connectivity index (χ2n) is 6.43. The highest BCUT2D eigenvalue weighted by Gasteiger charge is 2.34. The minimum absolute atomic E-state index is 0.0586. The van der Waals surface area contributed by atoms with E-state index in [0.717, 1.165) is 17.7 Å². The van der Waals surface area contributed by atoms with Gasteiger partial charge in [0.1, 0.15) is 24.3 Å². The van der Waals surface area contributed by atoms with Crippen LogP contribution in [0.2, 0.25) is 0 Å². The van der Waals surface area contributed by atoms with Crippen LogP contribution in [0.25, 0.3) is 0 Å². The molecule has 1 saturated heterocycles. The Hall–Kier alpha value is -2.80. The normalized spacial score (nSPS) is 18.3. The molecule has 1 N–H and O–H groups in total. The molecule has 2 unspecified atom stereocenters. The van der Waals surface area contributed by atoms with Gasteiger partial charge in [-0.25, -0.2) is 8.78 Å². The summed E-state index contributed by atoms with van der Waals surface area (Å²) in [7, 11) is 0. The fourth-order valence-electron chi connectivity index (χ4n) is 3.04. The Labute approximate surface area is 155 Å². The topological polar surface area (TPSA) is 58.6 Å². The van der Waals surface area contributed by atoms with Gasteiger partial charge >= 0.3 is 0 Å². The van der Waals surface area contributed by atoms with E-state index < -0.39 is 29.6 Å². The van der Waals surface area contributed by atoms with Crippen LogP contribution in [0.5, 0.6) is 0 Å². The lowest BCUT2D eigenvalue weighted by Crippen LogP contribution is -2.56. The molecule has 0 aromatic heterocycles. The van der Waals surface area contributed by atoms with Crippen LogP contribution in [0.15, 0.2) is 48.5 Å². The molecule has 1 fully saturated rings. The first kappa shape index (κ1) is 19.0. The molecule has 27 heavy (non-hydrogen) atoms. The highest BCUT2D eigenvalue weighted by Crippen LogP contribution is 2.19. The summed E-state index contributed by atoms with van der Waals surface area (Å²) < 4.78 is 32.3. The predicted octanol–water partition coefficient (Wildman–Crippen LogP) is 2.57. The number of rotatable bonds is 5. The highest BCUT2D eigenvalue weighted by molar-refractivity contribution is 5.89. The molecule has 7 heteroatoms. The first-order valence-corrected chi connectivity index (χ1v) is 8.62. The van der Waals surface area contributed by atoms with Gasteiger partial charge in [-0.2, -0.15) is 0 Å². The third-order valence-electron chi connectivity index (χ3n) is 4.48. The molecule has 0 saturated carbocycles. The van der Waals surface area contributed by atoms with E-state index in [1.165, 1.54) is 11.0 Å². The van der Waals surface area contributed by atoms with Gasteiger partial charge in [-0.3, -0.25) is 9.59 Å². The third-order valence-corrected chi connectivity index (χ3v) is 4.48. The summed E-state index contributed by atoms with van der Waals surface area (Å²) >= 11 is 0. The third kappa shape index (κ3) is 4.49. The van der Waals surface area contributed by atoms with E-state index in [4.69, 9.17) is 4.74 Å². The summed E-state index contributed by atoms with van der Waals surface area (Å²) in [6.45, 7) is 1.85. The number of halogens is 2. The minimum atomic E-state index is -0.822. The van der Waals surface area contributed by atoms with E-state index in [-0.39, 0.29) is 31.2 Å². The molecule has 1 heterocycles. The number of amides is 2. The summed E-state index contributed by atoms with van der Waals surface area (Å²) in [6.07, 6.45) is 0. The van der Waals surface area contributed by atoms with Crippen molar-refractivity contribution in [2.75, 3.05) is 13.2 Å².